The number of ether oxygens (including phenoxy) is 1. The van der Waals surface area contributed by atoms with Crippen LogP contribution >= 0.6 is 0 Å². The summed E-state index contributed by atoms with van der Waals surface area (Å²) in [5.41, 5.74) is 4.14. The van der Waals surface area contributed by atoms with Crippen molar-refractivity contribution in [1.29, 1.82) is 0 Å². The normalized spacial score (nSPS) is 17.7. The average Bonchev–Trinajstić information content (AvgIpc) is 3.34. The molecule has 1 saturated heterocycles. The van der Waals surface area contributed by atoms with Gasteiger partial charge in [0.25, 0.3) is 0 Å². The van der Waals surface area contributed by atoms with Crippen LogP contribution in [0, 0.1) is 5.92 Å². The van der Waals surface area contributed by atoms with E-state index < -0.39 is 0 Å². The zero-order valence-electron chi connectivity index (χ0n) is 17.0. The van der Waals surface area contributed by atoms with Crippen molar-refractivity contribution in [2.45, 2.75) is 25.7 Å². The van der Waals surface area contributed by atoms with Gasteiger partial charge in [-0.3, -0.25) is 0 Å². The van der Waals surface area contributed by atoms with E-state index in [-0.39, 0.29) is 5.75 Å². The van der Waals surface area contributed by atoms with E-state index in [9.17, 15) is 5.11 Å². The first kappa shape index (κ1) is 18.9. The van der Waals surface area contributed by atoms with Crippen molar-refractivity contribution in [3.05, 3.63) is 53.3 Å². The van der Waals surface area contributed by atoms with E-state index in [2.05, 4.69) is 15.5 Å². The molecule has 0 atom stereocenters. The number of piperidine rings is 1. The Morgan fingerprint density at radius 1 is 1.17 bits per heavy atom. The third-order valence-electron chi connectivity index (χ3n) is 6.11. The van der Waals surface area contributed by atoms with Crippen LogP contribution in [-0.2, 0) is 6.42 Å². The van der Waals surface area contributed by atoms with E-state index in [1.165, 1.54) is 12.8 Å². The smallest absolute Gasteiger partial charge is 0.172 e. The van der Waals surface area contributed by atoms with Crippen LogP contribution in [0.4, 0.5) is 5.69 Å². The lowest BCUT2D eigenvalue weighted by molar-refractivity contribution is 0.350. The van der Waals surface area contributed by atoms with E-state index in [0.29, 0.717) is 28.3 Å². The maximum Gasteiger partial charge on any atom is 0.172 e. The van der Waals surface area contributed by atoms with Gasteiger partial charge in [0.1, 0.15) is 11.3 Å². The molecule has 3 aromatic rings. The van der Waals surface area contributed by atoms with E-state index >= 15 is 0 Å². The van der Waals surface area contributed by atoms with Gasteiger partial charge < -0.3 is 19.6 Å². The standard InChI is InChI=1S/C24H25N3O3/c1-29-21-9-8-18-23(28)22(14-20-16-4-2-3-5-19(16)26-27-20)30-24(18)17(21)7-6-15-10-12-25-13-11-15/h2-5,8-9,14-15,25,28H,6-7,10-13H2,1H3. The van der Waals surface area contributed by atoms with Gasteiger partial charge in [0, 0.05) is 17.2 Å². The number of hydrogen-bond acceptors (Lipinski definition) is 6. The Bertz CT molecular complexity index is 1140. The number of azo groups is 1. The van der Waals surface area contributed by atoms with Gasteiger partial charge in [-0.1, -0.05) is 18.2 Å². The number of furan rings is 1. The molecule has 6 nitrogen and oxygen atoms in total. The average molecular weight is 403 g/mol. The topological polar surface area (TPSA) is 79.3 Å². The van der Waals surface area contributed by atoms with Gasteiger partial charge in [-0.2, -0.15) is 0 Å². The fraction of sp³-hybridized carbons (Fsp3) is 0.333. The molecule has 0 aliphatic carbocycles. The maximum absolute atomic E-state index is 10.8. The molecule has 0 unspecified atom stereocenters. The summed E-state index contributed by atoms with van der Waals surface area (Å²) in [7, 11) is 1.68. The third kappa shape index (κ3) is 3.37. The van der Waals surface area contributed by atoms with E-state index in [1.54, 1.807) is 13.2 Å². The zero-order valence-corrected chi connectivity index (χ0v) is 17.0. The minimum absolute atomic E-state index is 0.128. The van der Waals surface area contributed by atoms with Crippen molar-refractivity contribution in [3.63, 3.8) is 0 Å². The van der Waals surface area contributed by atoms with Crippen LogP contribution in [-0.4, -0.2) is 25.3 Å². The first-order valence-corrected chi connectivity index (χ1v) is 10.5. The highest BCUT2D eigenvalue weighted by Crippen LogP contribution is 2.42. The first-order chi connectivity index (χ1) is 14.7. The van der Waals surface area contributed by atoms with E-state index in [4.69, 9.17) is 9.15 Å². The Morgan fingerprint density at radius 3 is 2.83 bits per heavy atom. The Morgan fingerprint density at radius 2 is 2.00 bits per heavy atom. The SMILES string of the molecule is COc1ccc2c(O)c(C=C3N=Nc4ccccc43)oc2c1CCC1CCNCC1. The molecule has 3 heterocycles. The number of nitrogens with one attached hydrogen (secondary N) is 1. The van der Waals surface area contributed by atoms with Crippen molar-refractivity contribution in [3.8, 4) is 11.5 Å². The number of benzene rings is 2. The molecule has 0 saturated carbocycles. The lowest BCUT2D eigenvalue weighted by Crippen LogP contribution is -2.27. The Labute approximate surface area is 175 Å². The second kappa shape index (κ2) is 7.95. The summed E-state index contributed by atoms with van der Waals surface area (Å²) in [5.74, 6) is 2.02. The van der Waals surface area contributed by atoms with Gasteiger partial charge in [-0.15, -0.1) is 10.2 Å². The summed E-state index contributed by atoms with van der Waals surface area (Å²) in [5, 5.41) is 23.4. The van der Waals surface area contributed by atoms with Crippen LogP contribution in [0.2, 0.25) is 0 Å². The molecule has 1 fully saturated rings. The van der Waals surface area contributed by atoms with Crippen LogP contribution in [0.3, 0.4) is 0 Å². The highest BCUT2D eigenvalue weighted by molar-refractivity contribution is 5.95. The predicted molar refractivity (Wildman–Crippen MR) is 117 cm³/mol. The maximum atomic E-state index is 10.8. The van der Waals surface area contributed by atoms with Gasteiger partial charge in [0.05, 0.1) is 23.9 Å². The van der Waals surface area contributed by atoms with Crippen molar-refractivity contribution in [2.75, 3.05) is 20.2 Å². The van der Waals surface area contributed by atoms with Gasteiger partial charge in [0.2, 0.25) is 0 Å². The van der Waals surface area contributed by atoms with Crippen molar-refractivity contribution in [1.82, 2.24) is 5.32 Å². The quantitative estimate of drug-likeness (QED) is 0.575. The summed E-state index contributed by atoms with van der Waals surface area (Å²) in [6, 6.07) is 11.5. The summed E-state index contributed by atoms with van der Waals surface area (Å²) >= 11 is 0. The zero-order chi connectivity index (χ0) is 20.5. The second-order valence-corrected chi connectivity index (χ2v) is 7.92. The molecule has 5 rings (SSSR count). The highest BCUT2D eigenvalue weighted by Gasteiger charge is 2.22. The van der Waals surface area contributed by atoms with Crippen molar-refractivity contribution in [2.24, 2.45) is 16.1 Å². The van der Waals surface area contributed by atoms with Gasteiger partial charge in [0.15, 0.2) is 11.5 Å². The Balaban J connectivity index is 1.52. The summed E-state index contributed by atoms with van der Waals surface area (Å²) in [6.45, 7) is 2.17. The summed E-state index contributed by atoms with van der Waals surface area (Å²) < 4.78 is 11.8. The molecule has 154 valence electrons. The number of aryl methyl sites for hydroxylation is 1. The lowest BCUT2D eigenvalue weighted by atomic mass is 9.91. The molecule has 1 aromatic heterocycles. The molecule has 0 radical (unpaired) electrons. The molecule has 0 spiro atoms. The van der Waals surface area contributed by atoms with Crippen molar-refractivity contribution >= 4 is 28.4 Å². The number of hydrogen-bond donors (Lipinski definition) is 2. The molecule has 2 aromatic carbocycles. The number of fused-ring (bicyclic) bond motifs is 2. The number of methoxy groups -OCH3 is 1. The highest BCUT2D eigenvalue weighted by atomic mass is 16.5. The van der Waals surface area contributed by atoms with Gasteiger partial charge >= 0.3 is 0 Å². The van der Waals surface area contributed by atoms with E-state index in [1.807, 2.05) is 36.4 Å². The first-order valence-electron chi connectivity index (χ1n) is 10.5. The van der Waals surface area contributed by atoms with Crippen LogP contribution in [0.15, 0.2) is 51.0 Å². The Hall–Kier alpha value is -3.12. The predicted octanol–water partition coefficient (Wildman–Crippen LogP) is 5.67. The minimum atomic E-state index is 0.128. The number of aromatic hydroxyl groups is 1. The van der Waals surface area contributed by atoms with Gasteiger partial charge in [-0.25, -0.2) is 0 Å². The molecule has 2 aliphatic heterocycles. The molecule has 0 amide bonds. The second-order valence-electron chi connectivity index (χ2n) is 7.92. The number of nitrogens with zero attached hydrogens (tertiary/aromatic N) is 2. The minimum Gasteiger partial charge on any atom is -0.504 e. The lowest BCUT2D eigenvalue weighted by Gasteiger charge is -2.22. The van der Waals surface area contributed by atoms with E-state index in [0.717, 1.165) is 48.5 Å². The fourth-order valence-electron chi connectivity index (χ4n) is 4.42. The monoisotopic (exact) mass is 403 g/mol. The molecule has 30 heavy (non-hydrogen) atoms. The van der Waals surface area contributed by atoms with Crippen LogP contribution in [0.25, 0.3) is 22.7 Å². The van der Waals surface area contributed by atoms with Crippen LogP contribution < -0.4 is 10.1 Å². The van der Waals surface area contributed by atoms with Crippen LogP contribution in [0.1, 0.15) is 36.1 Å². The largest absolute Gasteiger partial charge is 0.504 e. The fourth-order valence-corrected chi connectivity index (χ4v) is 4.42. The Kier molecular flexibility index (Phi) is 5.01. The molecular weight excluding hydrogens is 378 g/mol. The van der Waals surface area contributed by atoms with Crippen molar-refractivity contribution < 1.29 is 14.3 Å². The molecule has 2 aliphatic rings. The molecular formula is C24H25N3O3. The summed E-state index contributed by atoms with van der Waals surface area (Å²) in [6.07, 6.45) is 6.09. The molecule has 2 N–H and O–H groups in total. The molecule has 0 bridgehead atoms. The van der Waals surface area contributed by atoms with Crippen LogP contribution in [0.5, 0.6) is 11.5 Å². The summed E-state index contributed by atoms with van der Waals surface area (Å²) in [4.78, 5) is 0. The third-order valence-corrected chi connectivity index (χ3v) is 6.11. The van der Waals surface area contributed by atoms with Gasteiger partial charge in [-0.05, 0) is 62.9 Å². The molecule has 6 heteroatoms. The number of rotatable bonds is 5.